The Morgan fingerprint density at radius 3 is 2.70 bits per heavy atom. The Morgan fingerprint density at radius 2 is 2.00 bits per heavy atom. The summed E-state index contributed by atoms with van der Waals surface area (Å²) in [4.78, 5) is 12.1. The number of carbonyl (C=O) groups excluding carboxylic acids is 1. The fourth-order valence-electron chi connectivity index (χ4n) is 2.48. The Kier molecular flexibility index (Phi) is 3.53. The van der Waals surface area contributed by atoms with Gasteiger partial charge in [-0.25, -0.2) is 0 Å². The average Bonchev–Trinajstić information content (AvgIpc) is 3.25. The number of aliphatic hydroxyl groups excluding tert-OH is 1. The number of amides is 1. The highest BCUT2D eigenvalue weighted by atomic mass is 16.6. The summed E-state index contributed by atoms with van der Waals surface area (Å²) in [6.07, 6.45) is 2.92. The second-order valence-electron chi connectivity index (χ2n) is 5.51. The van der Waals surface area contributed by atoms with Crippen LogP contribution in [0.4, 0.5) is 0 Å². The van der Waals surface area contributed by atoms with E-state index < -0.39 is 0 Å². The van der Waals surface area contributed by atoms with Gasteiger partial charge in [-0.15, -0.1) is 0 Å². The highest BCUT2D eigenvalue weighted by Crippen LogP contribution is 2.47. The predicted octanol–water partition coefficient (Wildman–Crippen LogP) is 1.35. The molecule has 0 unspecified atom stereocenters. The normalized spacial score (nSPS) is 18.4. The van der Waals surface area contributed by atoms with Crippen molar-refractivity contribution in [1.29, 1.82) is 0 Å². The van der Waals surface area contributed by atoms with Crippen LogP contribution in [0.15, 0.2) is 18.2 Å². The summed E-state index contributed by atoms with van der Waals surface area (Å²) in [5.41, 5.74) is 0.701. The molecule has 1 aromatic rings. The summed E-state index contributed by atoms with van der Waals surface area (Å²) in [7, 11) is 0. The van der Waals surface area contributed by atoms with Crippen molar-refractivity contribution in [3.63, 3.8) is 0 Å². The molecule has 1 aromatic carbocycles. The molecule has 0 aromatic heterocycles. The first-order chi connectivity index (χ1) is 9.72. The first-order valence-corrected chi connectivity index (χ1v) is 7.01. The molecule has 1 aliphatic carbocycles. The van der Waals surface area contributed by atoms with Gasteiger partial charge >= 0.3 is 0 Å². The van der Waals surface area contributed by atoms with Crippen molar-refractivity contribution < 1.29 is 19.4 Å². The molecule has 3 rings (SSSR count). The van der Waals surface area contributed by atoms with Gasteiger partial charge in [0.1, 0.15) is 13.2 Å². The monoisotopic (exact) mass is 277 g/mol. The number of rotatable bonds is 5. The minimum atomic E-state index is -0.105. The van der Waals surface area contributed by atoms with Crippen molar-refractivity contribution in [2.75, 3.05) is 26.4 Å². The third kappa shape index (κ3) is 2.72. The van der Waals surface area contributed by atoms with Gasteiger partial charge in [-0.3, -0.25) is 4.79 Å². The topological polar surface area (TPSA) is 67.8 Å². The quantitative estimate of drug-likeness (QED) is 0.852. The molecule has 1 aliphatic heterocycles. The van der Waals surface area contributed by atoms with Crippen molar-refractivity contribution in [3.8, 4) is 11.5 Å². The zero-order valence-corrected chi connectivity index (χ0v) is 11.4. The van der Waals surface area contributed by atoms with Gasteiger partial charge in [-0.1, -0.05) is 0 Å². The van der Waals surface area contributed by atoms with Crippen molar-refractivity contribution >= 4 is 5.91 Å². The fourth-order valence-corrected chi connectivity index (χ4v) is 2.48. The highest BCUT2D eigenvalue weighted by Gasteiger charge is 2.41. The van der Waals surface area contributed by atoms with Gasteiger partial charge in [0.25, 0.3) is 5.91 Å². The Balaban J connectivity index is 1.62. The van der Waals surface area contributed by atoms with E-state index in [9.17, 15) is 4.79 Å². The molecule has 0 atom stereocenters. The van der Waals surface area contributed by atoms with E-state index in [0.717, 1.165) is 19.3 Å². The van der Waals surface area contributed by atoms with Crippen molar-refractivity contribution in [3.05, 3.63) is 23.8 Å². The molecule has 2 N–H and O–H groups in total. The molecule has 1 heterocycles. The number of benzene rings is 1. The van der Waals surface area contributed by atoms with Gasteiger partial charge in [0.05, 0.1) is 0 Å². The van der Waals surface area contributed by atoms with Gasteiger partial charge in [-0.05, 0) is 42.9 Å². The number of fused-ring (bicyclic) bond motifs is 1. The Bertz CT molecular complexity index is 511. The van der Waals surface area contributed by atoms with Crippen molar-refractivity contribution in [2.24, 2.45) is 5.41 Å². The van der Waals surface area contributed by atoms with E-state index in [1.165, 1.54) is 0 Å². The zero-order valence-electron chi connectivity index (χ0n) is 11.4. The van der Waals surface area contributed by atoms with Gasteiger partial charge in [0, 0.05) is 18.7 Å². The predicted molar refractivity (Wildman–Crippen MR) is 73.1 cm³/mol. The Morgan fingerprint density at radius 1 is 1.25 bits per heavy atom. The third-order valence-electron chi connectivity index (χ3n) is 4.03. The fraction of sp³-hybridized carbons (Fsp3) is 0.533. The lowest BCUT2D eigenvalue weighted by atomic mass is 10.0. The first kappa shape index (κ1) is 13.2. The first-order valence-electron chi connectivity index (χ1n) is 7.01. The lowest BCUT2D eigenvalue weighted by Crippen LogP contribution is -2.30. The number of ether oxygens (including phenoxy) is 2. The number of hydrogen-bond acceptors (Lipinski definition) is 4. The highest BCUT2D eigenvalue weighted by molar-refractivity contribution is 5.94. The maximum absolute atomic E-state index is 12.1. The summed E-state index contributed by atoms with van der Waals surface area (Å²) in [6.45, 7) is 1.86. The smallest absolute Gasteiger partial charge is 0.251 e. The minimum Gasteiger partial charge on any atom is -0.486 e. The maximum Gasteiger partial charge on any atom is 0.251 e. The summed E-state index contributed by atoms with van der Waals surface area (Å²) < 4.78 is 10.9. The van der Waals surface area contributed by atoms with Crippen LogP contribution < -0.4 is 14.8 Å². The minimum absolute atomic E-state index is 0.105. The molecule has 20 heavy (non-hydrogen) atoms. The lowest BCUT2D eigenvalue weighted by molar-refractivity contribution is 0.0939. The van der Waals surface area contributed by atoms with E-state index in [1.54, 1.807) is 18.2 Å². The standard InChI is InChI=1S/C15H19NO4/c17-6-5-15(3-4-15)10-16-14(18)11-1-2-12-13(9-11)20-8-7-19-12/h1-2,9,17H,3-8,10H2,(H,16,18). The molecule has 0 bridgehead atoms. The van der Waals surface area contributed by atoms with E-state index in [2.05, 4.69) is 5.32 Å². The molecule has 0 saturated heterocycles. The summed E-state index contributed by atoms with van der Waals surface area (Å²) >= 11 is 0. The van der Waals surface area contributed by atoms with Gasteiger partial charge < -0.3 is 19.9 Å². The molecule has 108 valence electrons. The summed E-state index contributed by atoms with van der Waals surface area (Å²) in [5, 5.41) is 12.0. The van der Waals surface area contributed by atoms with Gasteiger partial charge in [0.15, 0.2) is 11.5 Å². The average molecular weight is 277 g/mol. The SMILES string of the molecule is O=C(NCC1(CCO)CC1)c1ccc2c(c1)OCCO2. The van der Waals surface area contributed by atoms with Crippen molar-refractivity contribution in [1.82, 2.24) is 5.32 Å². The molecule has 1 fully saturated rings. The third-order valence-corrected chi connectivity index (χ3v) is 4.03. The van der Waals surface area contributed by atoms with Gasteiger partial charge in [0.2, 0.25) is 0 Å². The Labute approximate surface area is 117 Å². The Hall–Kier alpha value is -1.75. The molecular formula is C15H19NO4. The van der Waals surface area contributed by atoms with Gasteiger partial charge in [-0.2, -0.15) is 0 Å². The molecule has 2 aliphatic rings. The van der Waals surface area contributed by atoms with Crippen molar-refractivity contribution in [2.45, 2.75) is 19.3 Å². The number of hydrogen-bond donors (Lipinski definition) is 2. The molecule has 0 radical (unpaired) electrons. The summed E-state index contributed by atoms with van der Waals surface area (Å²) in [5.74, 6) is 1.21. The second kappa shape index (κ2) is 5.32. The lowest BCUT2D eigenvalue weighted by Gasteiger charge is -2.19. The van der Waals surface area contributed by atoms with E-state index in [1.807, 2.05) is 0 Å². The van der Waals surface area contributed by atoms with E-state index in [-0.39, 0.29) is 17.9 Å². The molecule has 5 nitrogen and oxygen atoms in total. The zero-order chi connectivity index (χ0) is 14.0. The van der Waals surface area contributed by atoms with Crippen LogP contribution in [0.5, 0.6) is 11.5 Å². The molecule has 1 amide bonds. The van der Waals surface area contributed by atoms with Crippen LogP contribution in [0.25, 0.3) is 0 Å². The maximum atomic E-state index is 12.1. The van der Waals surface area contributed by atoms with Crippen LogP contribution in [-0.2, 0) is 0 Å². The molecule has 0 spiro atoms. The van der Waals surface area contributed by atoms with E-state index in [4.69, 9.17) is 14.6 Å². The van der Waals surface area contributed by atoms with Crippen LogP contribution >= 0.6 is 0 Å². The summed E-state index contributed by atoms with van der Waals surface area (Å²) in [6, 6.07) is 5.23. The second-order valence-corrected chi connectivity index (χ2v) is 5.51. The largest absolute Gasteiger partial charge is 0.486 e. The van der Waals surface area contributed by atoms with Crippen LogP contribution in [0.1, 0.15) is 29.6 Å². The van der Waals surface area contributed by atoms with E-state index >= 15 is 0 Å². The van der Waals surface area contributed by atoms with Crippen LogP contribution in [0, 0.1) is 5.41 Å². The van der Waals surface area contributed by atoms with E-state index in [0.29, 0.717) is 36.8 Å². The number of aliphatic hydroxyl groups is 1. The molecule has 5 heteroatoms. The van der Waals surface area contributed by atoms with Crippen LogP contribution in [0.3, 0.4) is 0 Å². The van der Waals surface area contributed by atoms with Crippen LogP contribution in [-0.4, -0.2) is 37.4 Å². The number of carbonyl (C=O) groups is 1. The number of nitrogens with one attached hydrogen (secondary N) is 1. The molecular weight excluding hydrogens is 258 g/mol. The molecule has 1 saturated carbocycles. The van der Waals surface area contributed by atoms with Crippen LogP contribution in [0.2, 0.25) is 0 Å².